The zero-order valence-corrected chi connectivity index (χ0v) is 20.0. The van der Waals surface area contributed by atoms with Gasteiger partial charge in [0.2, 0.25) is 11.8 Å². The predicted molar refractivity (Wildman–Crippen MR) is 123 cm³/mol. The highest BCUT2D eigenvalue weighted by molar-refractivity contribution is 5.80. The summed E-state index contributed by atoms with van der Waals surface area (Å²) in [5.41, 5.74) is -0.562. The van der Waals surface area contributed by atoms with Crippen molar-refractivity contribution in [1.29, 1.82) is 0 Å². The summed E-state index contributed by atoms with van der Waals surface area (Å²) in [6.07, 6.45) is -6.66. The van der Waals surface area contributed by atoms with Gasteiger partial charge in [-0.05, 0) is 13.3 Å². The third-order valence-electron chi connectivity index (χ3n) is 6.23. The molecule has 37 heavy (non-hydrogen) atoms. The van der Waals surface area contributed by atoms with Gasteiger partial charge in [0.15, 0.2) is 11.5 Å². The lowest BCUT2D eigenvalue weighted by Crippen LogP contribution is -2.53. The van der Waals surface area contributed by atoms with Crippen LogP contribution in [0.3, 0.4) is 0 Å². The Labute approximate surface area is 210 Å². The lowest BCUT2D eigenvalue weighted by atomic mass is 10.0. The van der Waals surface area contributed by atoms with Crippen molar-refractivity contribution in [3.8, 4) is 11.4 Å². The second kappa shape index (κ2) is 10.7. The van der Waals surface area contributed by atoms with Gasteiger partial charge in [0, 0.05) is 37.2 Å². The highest BCUT2D eigenvalue weighted by Crippen LogP contribution is 2.35. The Morgan fingerprint density at radius 3 is 2.65 bits per heavy atom. The van der Waals surface area contributed by atoms with Crippen LogP contribution < -0.4 is 5.32 Å². The van der Waals surface area contributed by atoms with E-state index in [9.17, 15) is 32.7 Å². The van der Waals surface area contributed by atoms with Crippen molar-refractivity contribution in [1.82, 2.24) is 25.1 Å². The minimum absolute atomic E-state index is 0.00370. The number of hydrogen-bond acceptors (Lipinski definition) is 6. The van der Waals surface area contributed by atoms with Crippen molar-refractivity contribution in [2.24, 2.45) is 0 Å². The van der Waals surface area contributed by atoms with E-state index in [4.69, 9.17) is 4.74 Å². The molecule has 4 rings (SSSR count). The van der Waals surface area contributed by atoms with Gasteiger partial charge >= 0.3 is 12.3 Å². The molecule has 198 valence electrons. The molecule has 2 aliphatic rings. The summed E-state index contributed by atoms with van der Waals surface area (Å²) in [7, 11) is 0. The minimum atomic E-state index is -4.69. The van der Waals surface area contributed by atoms with Crippen molar-refractivity contribution < 1.29 is 37.4 Å². The third-order valence-corrected chi connectivity index (χ3v) is 6.23. The Morgan fingerprint density at radius 1 is 1.24 bits per heavy atom. The molecule has 2 aromatic rings. The van der Waals surface area contributed by atoms with Crippen molar-refractivity contribution in [3.63, 3.8) is 0 Å². The molecule has 0 spiro atoms. The molecule has 3 heterocycles. The number of morpholine rings is 1. The lowest BCUT2D eigenvalue weighted by molar-refractivity contribution is -0.149. The molecule has 2 atom stereocenters. The Kier molecular flexibility index (Phi) is 7.62. The van der Waals surface area contributed by atoms with Gasteiger partial charge in [-0.2, -0.15) is 13.2 Å². The summed E-state index contributed by atoms with van der Waals surface area (Å²) in [5.74, 6) is -0.877. The minimum Gasteiger partial charge on any atom is -0.465 e. The number of carbonyl (C=O) groups is 3. The van der Waals surface area contributed by atoms with Crippen LogP contribution in [-0.4, -0.2) is 81.2 Å². The zero-order chi connectivity index (χ0) is 26.7. The lowest BCUT2D eigenvalue weighted by Gasteiger charge is -2.34. The Bertz CT molecular complexity index is 1180. The number of halogens is 3. The molecule has 1 saturated heterocycles. The number of rotatable bonds is 6. The van der Waals surface area contributed by atoms with Gasteiger partial charge in [-0.15, -0.1) is 0 Å². The van der Waals surface area contributed by atoms with Crippen molar-refractivity contribution >= 4 is 17.9 Å². The number of alkyl halides is 3. The molecule has 0 radical (unpaired) electrons. The fourth-order valence-corrected chi connectivity index (χ4v) is 4.48. The number of carboxylic acid groups (broad SMARTS) is 1. The van der Waals surface area contributed by atoms with Gasteiger partial charge in [-0.25, -0.2) is 14.8 Å². The van der Waals surface area contributed by atoms with Gasteiger partial charge < -0.3 is 25.0 Å². The zero-order valence-electron chi connectivity index (χ0n) is 20.0. The predicted octanol–water partition coefficient (Wildman–Crippen LogP) is 2.32. The number of carbonyl (C=O) groups excluding carboxylic acids is 2. The average molecular weight is 521 g/mol. The van der Waals surface area contributed by atoms with Crippen LogP contribution in [0.5, 0.6) is 0 Å². The molecule has 2 N–H and O–H groups in total. The number of nitrogens with one attached hydrogen (secondary N) is 1. The van der Waals surface area contributed by atoms with E-state index in [0.29, 0.717) is 5.56 Å². The summed E-state index contributed by atoms with van der Waals surface area (Å²) < 4.78 is 46.8. The topological polar surface area (TPSA) is 125 Å². The summed E-state index contributed by atoms with van der Waals surface area (Å²) in [4.78, 5) is 47.6. The number of benzene rings is 1. The molecule has 0 aliphatic carbocycles. The van der Waals surface area contributed by atoms with Crippen LogP contribution in [-0.2, 0) is 33.5 Å². The summed E-state index contributed by atoms with van der Waals surface area (Å²) in [6, 6.07) is 7.34. The molecule has 2 aliphatic heterocycles. The van der Waals surface area contributed by atoms with Gasteiger partial charge in [-0.1, -0.05) is 30.3 Å². The molecular weight excluding hydrogens is 495 g/mol. The van der Waals surface area contributed by atoms with Gasteiger partial charge in [-0.3, -0.25) is 9.59 Å². The second-order valence-electron chi connectivity index (χ2n) is 9.02. The number of hydrogen-bond donors (Lipinski definition) is 2. The third kappa shape index (κ3) is 6.34. The number of amides is 3. The van der Waals surface area contributed by atoms with Crippen LogP contribution in [0.2, 0.25) is 0 Å². The van der Waals surface area contributed by atoms with Crippen molar-refractivity contribution in [2.45, 2.75) is 44.6 Å². The fraction of sp³-hybridized carbons (Fsp3) is 0.458. The first-order valence-corrected chi connectivity index (χ1v) is 11.7. The van der Waals surface area contributed by atoms with E-state index in [1.165, 1.54) is 9.80 Å². The molecule has 0 bridgehead atoms. The standard InChI is InChI=1S/C24H26F3N5O5/c1-14-10-32(20(34)13-37-14)11-16(28-23(35)36)9-19(33)31-8-7-17-18(12-31)29-22(15-5-3-2-4-6-15)30-21(17)24(25,26)27/h2-6,14,16,28H,7-13H2,1H3,(H,35,36)/t14-,16-/m0/s1. The normalized spacial score (nSPS) is 18.8. The maximum atomic E-state index is 13.8. The van der Waals surface area contributed by atoms with E-state index < -0.39 is 29.9 Å². The van der Waals surface area contributed by atoms with Crippen LogP contribution in [0.25, 0.3) is 11.4 Å². The summed E-state index contributed by atoms with van der Waals surface area (Å²) in [5, 5.41) is 11.5. The summed E-state index contributed by atoms with van der Waals surface area (Å²) >= 11 is 0. The van der Waals surface area contributed by atoms with E-state index in [-0.39, 0.29) is 74.7 Å². The Morgan fingerprint density at radius 2 is 1.97 bits per heavy atom. The molecule has 0 unspecified atom stereocenters. The van der Waals surface area contributed by atoms with E-state index in [1.807, 2.05) is 0 Å². The molecule has 10 nitrogen and oxygen atoms in total. The molecule has 1 fully saturated rings. The first-order valence-electron chi connectivity index (χ1n) is 11.7. The largest absolute Gasteiger partial charge is 0.465 e. The van der Waals surface area contributed by atoms with E-state index in [2.05, 4.69) is 15.3 Å². The second-order valence-corrected chi connectivity index (χ2v) is 9.02. The number of ether oxygens (including phenoxy) is 1. The maximum Gasteiger partial charge on any atom is 0.433 e. The van der Waals surface area contributed by atoms with Crippen LogP contribution >= 0.6 is 0 Å². The van der Waals surface area contributed by atoms with Crippen molar-refractivity contribution in [2.75, 3.05) is 26.2 Å². The molecular formula is C24H26F3N5O5. The maximum absolute atomic E-state index is 13.8. The van der Waals surface area contributed by atoms with E-state index in [0.717, 1.165) is 0 Å². The molecule has 0 saturated carbocycles. The molecule has 1 aromatic carbocycles. The van der Waals surface area contributed by atoms with Gasteiger partial charge in [0.25, 0.3) is 0 Å². The highest BCUT2D eigenvalue weighted by Gasteiger charge is 2.39. The van der Waals surface area contributed by atoms with Gasteiger partial charge in [0.05, 0.1) is 24.4 Å². The highest BCUT2D eigenvalue weighted by atomic mass is 19.4. The number of nitrogens with zero attached hydrogens (tertiary/aromatic N) is 4. The Hall–Kier alpha value is -3.74. The summed E-state index contributed by atoms with van der Waals surface area (Å²) in [6.45, 7) is 1.68. The van der Waals surface area contributed by atoms with Crippen LogP contribution in [0, 0.1) is 0 Å². The molecule has 13 heteroatoms. The molecule has 1 aromatic heterocycles. The first-order chi connectivity index (χ1) is 17.5. The first kappa shape index (κ1) is 26.3. The quantitative estimate of drug-likeness (QED) is 0.598. The van der Waals surface area contributed by atoms with Crippen LogP contribution in [0.15, 0.2) is 30.3 Å². The molecule has 3 amide bonds. The van der Waals surface area contributed by atoms with Gasteiger partial charge in [0.1, 0.15) is 6.61 Å². The SMILES string of the molecule is C[C@H]1CN(C[C@H](CC(=O)N2CCc3c(nc(-c4ccccc4)nc3C(F)(F)F)C2)NC(=O)O)C(=O)CO1. The van der Waals surface area contributed by atoms with E-state index >= 15 is 0 Å². The Balaban J connectivity index is 1.54. The van der Waals surface area contributed by atoms with Crippen LogP contribution in [0.1, 0.15) is 30.3 Å². The fourth-order valence-electron chi connectivity index (χ4n) is 4.48. The smallest absolute Gasteiger partial charge is 0.433 e. The average Bonchev–Trinajstić information content (AvgIpc) is 2.84. The number of fused-ring (bicyclic) bond motifs is 1. The van der Waals surface area contributed by atoms with Crippen molar-refractivity contribution in [3.05, 3.63) is 47.3 Å². The number of aromatic nitrogens is 2. The van der Waals surface area contributed by atoms with Crippen LogP contribution in [0.4, 0.5) is 18.0 Å². The van der Waals surface area contributed by atoms with E-state index in [1.54, 1.807) is 37.3 Å². The monoisotopic (exact) mass is 521 g/mol.